The molecule has 2 N–H and O–H groups in total. The number of quaternary nitrogens is 1. The van der Waals surface area contributed by atoms with Gasteiger partial charge in [0.15, 0.2) is 0 Å². The average Bonchev–Trinajstić information content (AvgIpc) is 3.41. The highest BCUT2D eigenvalue weighted by Gasteiger charge is 2.30. The summed E-state index contributed by atoms with van der Waals surface area (Å²) < 4.78 is 30.7. The Morgan fingerprint density at radius 3 is 1.18 bits per heavy atom. The van der Waals surface area contributed by atoms with Gasteiger partial charge in [0.2, 0.25) is 5.91 Å². The summed E-state index contributed by atoms with van der Waals surface area (Å²) >= 11 is 0. The summed E-state index contributed by atoms with van der Waals surface area (Å²) in [6.45, 7) is 7.00. The third-order valence-corrected chi connectivity index (χ3v) is 15.9. The summed E-state index contributed by atoms with van der Waals surface area (Å²) in [5.41, 5.74) is 0. The van der Waals surface area contributed by atoms with Crippen molar-refractivity contribution in [3.63, 3.8) is 0 Å². The van der Waals surface area contributed by atoms with E-state index in [2.05, 4.69) is 74.7 Å². The first-order chi connectivity index (χ1) is 38.4. The molecule has 462 valence electrons. The number of allylic oxidation sites excluding steroid dienone is 9. The van der Waals surface area contributed by atoms with Gasteiger partial charge in [0.05, 0.1) is 33.8 Å². The maximum atomic E-state index is 13.6. The molecule has 0 rings (SSSR count). The number of rotatable bonds is 61. The van der Waals surface area contributed by atoms with Crippen LogP contribution in [0, 0.1) is 0 Å². The van der Waals surface area contributed by atoms with Crippen LogP contribution in [0.1, 0.15) is 316 Å². The second kappa shape index (κ2) is 58.9. The van der Waals surface area contributed by atoms with Crippen LogP contribution < -0.4 is 5.32 Å². The Morgan fingerprint density at radius 1 is 0.443 bits per heavy atom. The minimum absolute atomic E-state index is 0.0371. The van der Waals surface area contributed by atoms with E-state index in [4.69, 9.17) is 13.8 Å². The zero-order chi connectivity index (χ0) is 57.9. The van der Waals surface area contributed by atoms with Crippen molar-refractivity contribution in [3.05, 3.63) is 60.8 Å². The first-order valence-electron chi connectivity index (χ1n) is 33.6. The summed E-state index contributed by atoms with van der Waals surface area (Å²) in [5.74, 6) is -0.515. The first-order valence-corrected chi connectivity index (χ1v) is 35.1. The molecule has 0 aromatic carbocycles. The standard InChI is InChI=1S/C69H129N2O7P/c1-7-10-13-16-19-22-25-27-29-31-33-35-37-39-41-43-46-49-52-55-58-61-68(72)70-66(65-77-79(74,75)76-64-63-71(4,5)6)67(60-57-54-51-48-45-24-21-18-15-12-9-3)78-69(73)62-59-56-53-50-47-44-42-40-38-36-34-32-30-28-26-23-20-17-14-11-8-2/h20,23,28,30,34,36,40,42,57,60,66-67H,7-19,21-22,24-27,29,31-33,35,37-39,41,43-56,58-59,61-65H2,1-6H3,(H-,70,72,74,75)/p+1/b23-20-,30-28-,36-34-,42-40-,60-57+. The fraction of sp³-hybridized carbons (Fsp3) is 0.826. The van der Waals surface area contributed by atoms with Crippen LogP contribution in [0.25, 0.3) is 0 Å². The van der Waals surface area contributed by atoms with Gasteiger partial charge in [-0.3, -0.25) is 18.6 Å². The summed E-state index contributed by atoms with van der Waals surface area (Å²) in [5, 5.41) is 3.06. The smallest absolute Gasteiger partial charge is 0.456 e. The van der Waals surface area contributed by atoms with Crippen LogP contribution in [0.3, 0.4) is 0 Å². The monoisotopic (exact) mass is 1130 g/mol. The van der Waals surface area contributed by atoms with E-state index in [1.54, 1.807) is 0 Å². The predicted molar refractivity (Wildman–Crippen MR) is 342 cm³/mol. The van der Waals surface area contributed by atoms with E-state index in [1.165, 1.54) is 186 Å². The number of likely N-dealkylation sites (N-methyl/N-ethyl adjacent to an activating group) is 1. The number of phosphoric acid groups is 1. The minimum atomic E-state index is -4.45. The van der Waals surface area contributed by atoms with Gasteiger partial charge in [-0.1, -0.05) is 287 Å². The molecule has 0 saturated carbocycles. The molecule has 0 fully saturated rings. The number of unbranched alkanes of at least 4 members (excludes halogenated alkanes) is 37. The van der Waals surface area contributed by atoms with E-state index in [0.717, 1.165) is 96.3 Å². The van der Waals surface area contributed by atoms with E-state index < -0.39 is 20.0 Å². The molecule has 9 nitrogen and oxygen atoms in total. The number of hydrogen-bond acceptors (Lipinski definition) is 6. The molecule has 0 aliphatic heterocycles. The second-order valence-corrected chi connectivity index (χ2v) is 25.5. The predicted octanol–water partition coefficient (Wildman–Crippen LogP) is 21.0. The molecule has 3 atom stereocenters. The summed E-state index contributed by atoms with van der Waals surface area (Å²) in [6.07, 6.45) is 75.1. The lowest BCUT2D eigenvalue weighted by Gasteiger charge is -2.27. The van der Waals surface area contributed by atoms with E-state index in [0.29, 0.717) is 17.4 Å². The minimum Gasteiger partial charge on any atom is -0.456 e. The molecule has 0 spiro atoms. The van der Waals surface area contributed by atoms with Crippen LogP contribution in [0.5, 0.6) is 0 Å². The maximum Gasteiger partial charge on any atom is 0.472 e. The molecule has 0 aliphatic rings. The molecule has 0 radical (unpaired) electrons. The molecule has 0 aromatic heterocycles. The normalized spacial score (nSPS) is 14.0. The van der Waals surface area contributed by atoms with Crippen molar-refractivity contribution >= 4 is 19.7 Å². The third kappa shape index (κ3) is 60.1. The number of nitrogens with zero attached hydrogens (tertiary/aromatic N) is 1. The molecular weight excluding hydrogens is 1000 g/mol. The van der Waals surface area contributed by atoms with Crippen molar-refractivity contribution in [1.82, 2.24) is 5.32 Å². The Kier molecular flexibility index (Phi) is 57.2. The van der Waals surface area contributed by atoms with Crippen molar-refractivity contribution in [2.75, 3.05) is 40.9 Å². The SMILES string of the molecule is CCCCC/C=C\C/C=C\C/C=C\C/C=C\CCCCCCCC(=O)OC(/C=C/CCCCCCCCCCC)C(COP(=O)(O)OCC[N+](C)(C)C)NC(=O)CCCCCCCCCCCCCCCCCCCCCCC. The largest absolute Gasteiger partial charge is 0.472 e. The van der Waals surface area contributed by atoms with Gasteiger partial charge in [-0.2, -0.15) is 0 Å². The second-order valence-electron chi connectivity index (χ2n) is 24.0. The number of amides is 1. The fourth-order valence-electron chi connectivity index (χ4n) is 9.75. The topological polar surface area (TPSA) is 111 Å². The number of nitrogens with one attached hydrogen (secondary N) is 1. The summed E-state index contributed by atoms with van der Waals surface area (Å²) in [6, 6.07) is -0.856. The van der Waals surface area contributed by atoms with Crippen LogP contribution in [0.2, 0.25) is 0 Å². The highest BCUT2D eigenvalue weighted by atomic mass is 31.2. The lowest BCUT2D eigenvalue weighted by Crippen LogP contribution is -2.47. The molecule has 0 aliphatic carbocycles. The van der Waals surface area contributed by atoms with Crippen molar-refractivity contribution in [3.8, 4) is 0 Å². The van der Waals surface area contributed by atoms with Gasteiger partial charge in [0, 0.05) is 12.8 Å². The third-order valence-electron chi connectivity index (χ3n) is 15.0. The number of carbonyl (C=O) groups excluding carboxylic acids is 2. The van der Waals surface area contributed by atoms with Crippen molar-refractivity contribution in [2.24, 2.45) is 0 Å². The molecule has 0 bridgehead atoms. The molecule has 0 heterocycles. The molecule has 0 saturated heterocycles. The molecule has 79 heavy (non-hydrogen) atoms. The highest BCUT2D eigenvalue weighted by molar-refractivity contribution is 7.47. The number of carbonyl (C=O) groups is 2. The highest BCUT2D eigenvalue weighted by Crippen LogP contribution is 2.43. The Hall–Kier alpha value is -2.29. The number of phosphoric ester groups is 1. The van der Waals surface area contributed by atoms with Gasteiger partial charge in [0.1, 0.15) is 19.3 Å². The number of ether oxygens (including phenoxy) is 1. The van der Waals surface area contributed by atoms with Crippen LogP contribution in [-0.2, 0) is 27.9 Å². The molecular formula is C69H130N2O7P+. The van der Waals surface area contributed by atoms with Gasteiger partial charge in [0.25, 0.3) is 0 Å². The van der Waals surface area contributed by atoms with Crippen molar-refractivity contribution in [2.45, 2.75) is 328 Å². The average molecular weight is 1130 g/mol. The van der Waals surface area contributed by atoms with E-state index in [9.17, 15) is 19.0 Å². The Morgan fingerprint density at radius 2 is 0.772 bits per heavy atom. The van der Waals surface area contributed by atoms with Gasteiger partial charge < -0.3 is 19.4 Å². The Balaban J connectivity index is 5.14. The van der Waals surface area contributed by atoms with Crippen LogP contribution in [-0.4, -0.2) is 74.3 Å². The molecule has 0 aromatic rings. The van der Waals surface area contributed by atoms with Gasteiger partial charge in [-0.25, -0.2) is 4.57 Å². The van der Waals surface area contributed by atoms with Crippen LogP contribution in [0.15, 0.2) is 60.8 Å². The van der Waals surface area contributed by atoms with E-state index in [-0.39, 0.29) is 31.5 Å². The van der Waals surface area contributed by atoms with Crippen LogP contribution in [0.4, 0.5) is 0 Å². The van der Waals surface area contributed by atoms with E-state index >= 15 is 0 Å². The van der Waals surface area contributed by atoms with E-state index in [1.807, 2.05) is 33.3 Å². The fourth-order valence-corrected chi connectivity index (χ4v) is 10.5. The first kappa shape index (κ1) is 76.7. The molecule has 1 amide bonds. The van der Waals surface area contributed by atoms with Gasteiger partial charge in [-0.05, 0) is 76.7 Å². The zero-order valence-corrected chi connectivity index (χ0v) is 53.8. The van der Waals surface area contributed by atoms with Gasteiger partial charge >= 0.3 is 13.8 Å². The van der Waals surface area contributed by atoms with Crippen molar-refractivity contribution in [1.29, 1.82) is 0 Å². The zero-order valence-electron chi connectivity index (χ0n) is 52.9. The lowest BCUT2D eigenvalue weighted by molar-refractivity contribution is -0.870. The van der Waals surface area contributed by atoms with Crippen LogP contribution >= 0.6 is 7.82 Å². The summed E-state index contributed by atoms with van der Waals surface area (Å²) in [4.78, 5) is 37.8. The van der Waals surface area contributed by atoms with Gasteiger partial charge in [-0.15, -0.1) is 0 Å². The number of hydrogen-bond donors (Lipinski definition) is 2. The van der Waals surface area contributed by atoms with Crippen molar-refractivity contribution < 1.29 is 37.3 Å². The molecule has 10 heteroatoms. The Bertz CT molecular complexity index is 1540. The number of esters is 1. The lowest BCUT2D eigenvalue weighted by atomic mass is 10.0. The maximum absolute atomic E-state index is 13.6. The summed E-state index contributed by atoms with van der Waals surface area (Å²) in [7, 11) is 1.49. The Labute approximate surface area is 490 Å². The molecule has 3 unspecified atom stereocenters. The quantitative estimate of drug-likeness (QED) is 0.0205.